The first-order valence-electron chi connectivity index (χ1n) is 11.3. The predicted octanol–water partition coefficient (Wildman–Crippen LogP) is 8.56. The van der Waals surface area contributed by atoms with Crippen molar-refractivity contribution in [2.75, 3.05) is 0 Å². The maximum absolute atomic E-state index is 2.55. The first-order valence-corrected chi connectivity index (χ1v) is 11.3. The van der Waals surface area contributed by atoms with E-state index >= 15 is 0 Å². The van der Waals surface area contributed by atoms with E-state index in [2.05, 4.69) is 90.0 Å². The molecule has 0 fully saturated rings. The molecular formula is C25H52. The lowest BCUT2D eigenvalue weighted by Crippen LogP contribution is -2.37. The summed E-state index contributed by atoms with van der Waals surface area (Å²) in [4.78, 5) is 0. The molecule has 0 aliphatic carbocycles. The van der Waals surface area contributed by atoms with Crippen molar-refractivity contribution in [3.8, 4) is 0 Å². The fourth-order valence-electron chi connectivity index (χ4n) is 5.09. The molecule has 7 atom stereocenters. The van der Waals surface area contributed by atoms with Gasteiger partial charge in [0, 0.05) is 0 Å². The van der Waals surface area contributed by atoms with E-state index in [0.717, 1.165) is 53.3 Å². The van der Waals surface area contributed by atoms with Crippen molar-refractivity contribution in [2.24, 2.45) is 58.7 Å². The third-order valence-electron chi connectivity index (χ3n) is 8.41. The summed E-state index contributed by atoms with van der Waals surface area (Å²) in [5.74, 6) is 7.14. The Morgan fingerprint density at radius 1 is 0.600 bits per heavy atom. The maximum atomic E-state index is 2.55. The predicted molar refractivity (Wildman–Crippen MR) is 117 cm³/mol. The molecule has 0 aromatic heterocycles. The standard InChI is InChI=1S/C25H52/c1-16(2)15-25(13,18(5)6)24(12)20(8)14-19(7)22(10)23(11)21(9)17(3)4/h16-24H,14-15H2,1-13H3. The normalized spacial score (nSPS) is 22.6. The van der Waals surface area contributed by atoms with Crippen LogP contribution in [0.4, 0.5) is 0 Å². The highest BCUT2D eigenvalue weighted by Crippen LogP contribution is 2.46. The second kappa shape index (κ2) is 10.4. The van der Waals surface area contributed by atoms with Gasteiger partial charge in [-0.25, -0.2) is 0 Å². The number of rotatable bonds is 11. The molecule has 0 amide bonds. The quantitative estimate of drug-likeness (QED) is 0.349. The second-order valence-electron chi connectivity index (χ2n) is 11.1. The monoisotopic (exact) mass is 352 g/mol. The summed E-state index contributed by atoms with van der Waals surface area (Å²) in [5.41, 5.74) is 0.452. The minimum Gasteiger partial charge on any atom is -0.0628 e. The molecule has 0 heteroatoms. The summed E-state index contributed by atoms with van der Waals surface area (Å²) in [5, 5.41) is 0. The molecule has 0 bridgehead atoms. The summed E-state index contributed by atoms with van der Waals surface area (Å²) in [6.45, 7) is 31.9. The van der Waals surface area contributed by atoms with E-state index in [1.165, 1.54) is 12.8 Å². The maximum Gasteiger partial charge on any atom is -0.0272 e. The smallest absolute Gasteiger partial charge is 0.0272 e. The molecule has 0 aromatic carbocycles. The van der Waals surface area contributed by atoms with Gasteiger partial charge < -0.3 is 0 Å². The van der Waals surface area contributed by atoms with Gasteiger partial charge in [-0.1, -0.05) is 90.0 Å². The lowest BCUT2D eigenvalue weighted by atomic mass is 9.60. The Kier molecular flexibility index (Phi) is 10.4. The highest BCUT2D eigenvalue weighted by molar-refractivity contribution is 4.87. The van der Waals surface area contributed by atoms with Gasteiger partial charge in [-0.2, -0.15) is 0 Å². The van der Waals surface area contributed by atoms with Crippen molar-refractivity contribution in [1.29, 1.82) is 0 Å². The average molecular weight is 353 g/mol. The zero-order valence-electron chi connectivity index (χ0n) is 20.1. The topological polar surface area (TPSA) is 0 Å². The molecule has 0 saturated heterocycles. The molecule has 0 saturated carbocycles. The molecule has 0 aromatic rings. The van der Waals surface area contributed by atoms with Crippen molar-refractivity contribution in [3.05, 3.63) is 0 Å². The Labute approximate surface area is 161 Å². The average Bonchev–Trinajstić information content (AvgIpc) is 2.50. The van der Waals surface area contributed by atoms with E-state index in [0.29, 0.717) is 5.41 Å². The SMILES string of the molecule is CC(C)CC(C)(C(C)C)C(C)C(C)CC(C)C(C)C(C)C(C)C(C)C. The largest absolute Gasteiger partial charge is 0.0628 e. The number of hydrogen-bond acceptors (Lipinski definition) is 0. The Morgan fingerprint density at radius 2 is 1.08 bits per heavy atom. The van der Waals surface area contributed by atoms with Crippen LogP contribution in [0.5, 0.6) is 0 Å². The van der Waals surface area contributed by atoms with E-state index in [9.17, 15) is 0 Å². The van der Waals surface area contributed by atoms with Crippen molar-refractivity contribution < 1.29 is 0 Å². The third kappa shape index (κ3) is 6.91. The summed E-state index contributed by atoms with van der Waals surface area (Å²) >= 11 is 0. The van der Waals surface area contributed by atoms with Crippen molar-refractivity contribution >= 4 is 0 Å². The van der Waals surface area contributed by atoms with Gasteiger partial charge in [0.2, 0.25) is 0 Å². The van der Waals surface area contributed by atoms with Gasteiger partial charge in [0.1, 0.15) is 0 Å². The molecule has 0 rings (SSSR count). The summed E-state index contributed by atoms with van der Waals surface area (Å²) in [7, 11) is 0. The van der Waals surface area contributed by atoms with Crippen LogP contribution in [0.15, 0.2) is 0 Å². The highest BCUT2D eigenvalue weighted by atomic mass is 14.4. The van der Waals surface area contributed by atoms with E-state index in [1.54, 1.807) is 0 Å². The van der Waals surface area contributed by atoms with Crippen LogP contribution in [-0.4, -0.2) is 0 Å². The molecular weight excluding hydrogens is 300 g/mol. The molecule has 0 heterocycles. The first-order chi connectivity index (χ1) is 11.3. The van der Waals surface area contributed by atoms with Crippen LogP contribution in [0.1, 0.15) is 103 Å². The molecule has 7 unspecified atom stereocenters. The summed E-state index contributed by atoms with van der Waals surface area (Å²) in [6, 6.07) is 0. The van der Waals surface area contributed by atoms with Gasteiger partial charge in [-0.15, -0.1) is 0 Å². The first kappa shape index (κ1) is 25.0. The van der Waals surface area contributed by atoms with E-state index < -0.39 is 0 Å². The van der Waals surface area contributed by atoms with Crippen molar-refractivity contribution in [3.63, 3.8) is 0 Å². The molecule has 152 valence electrons. The number of hydrogen-bond donors (Lipinski definition) is 0. The van der Waals surface area contributed by atoms with Crippen LogP contribution in [0.3, 0.4) is 0 Å². The van der Waals surface area contributed by atoms with Crippen LogP contribution < -0.4 is 0 Å². The van der Waals surface area contributed by atoms with Gasteiger partial charge >= 0.3 is 0 Å². The van der Waals surface area contributed by atoms with Gasteiger partial charge in [-0.3, -0.25) is 0 Å². The van der Waals surface area contributed by atoms with Crippen LogP contribution in [0, 0.1) is 58.7 Å². The molecule has 0 N–H and O–H groups in total. The zero-order valence-corrected chi connectivity index (χ0v) is 20.1. The fourth-order valence-corrected chi connectivity index (χ4v) is 5.09. The Morgan fingerprint density at radius 3 is 1.44 bits per heavy atom. The van der Waals surface area contributed by atoms with Crippen LogP contribution >= 0.6 is 0 Å². The van der Waals surface area contributed by atoms with Gasteiger partial charge in [-0.05, 0) is 71.5 Å². The Balaban J connectivity index is 5.02. The molecule has 0 aliphatic rings. The van der Waals surface area contributed by atoms with E-state index in [1.807, 2.05) is 0 Å². The third-order valence-corrected chi connectivity index (χ3v) is 8.41. The second-order valence-corrected chi connectivity index (χ2v) is 11.1. The van der Waals surface area contributed by atoms with E-state index in [4.69, 9.17) is 0 Å². The van der Waals surface area contributed by atoms with Gasteiger partial charge in [0.05, 0.1) is 0 Å². The Hall–Kier alpha value is 0. The zero-order chi connectivity index (χ0) is 20.1. The lowest BCUT2D eigenvalue weighted by Gasteiger charge is -2.45. The van der Waals surface area contributed by atoms with Gasteiger partial charge in [0.25, 0.3) is 0 Å². The molecule has 0 aliphatic heterocycles. The van der Waals surface area contributed by atoms with Crippen molar-refractivity contribution in [2.45, 2.75) is 103 Å². The Bertz CT molecular complexity index is 353. The van der Waals surface area contributed by atoms with E-state index in [-0.39, 0.29) is 0 Å². The summed E-state index contributed by atoms with van der Waals surface area (Å²) in [6.07, 6.45) is 2.72. The van der Waals surface area contributed by atoms with Crippen molar-refractivity contribution in [1.82, 2.24) is 0 Å². The minimum atomic E-state index is 0.452. The lowest BCUT2D eigenvalue weighted by molar-refractivity contribution is 0.0437. The minimum absolute atomic E-state index is 0.452. The summed E-state index contributed by atoms with van der Waals surface area (Å²) < 4.78 is 0. The molecule has 0 radical (unpaired) electrons. The van der Waals surface area contributed by atoms with Crippen LogP contribution in [-0.2, 0) is 0 Å². The highest BCUT2D eigenvalue weighted by Gasteiger charge is 2.38. The fraction of sp³-hybridized carbons (Fsp3) is 1.00. The molecule has 0 nitrogen and oxygen atoms in total. The van der Waals surface area contributed by atoms with Crippen LogP contribution in [0.2, 0.25) is 0 Å². The van der Waals surface area contributed by atoms with Gasteiger partial charge in [0.15, 0.2) is 0 Å². The molecule has 0 spiro atoms. The van der Waals surface area contributed by atoms with Crippen LogP contribution in [0.25, 0.3) is 0 Å². The molecule has 25 heavy (non-hydrogen) atoms.